The Labute approximate surface area is 147 Å². The normalized spacial score (nSPS) is 15.5. The van der Waals surface area contributed by atoms with Crippen LogP contribution in [0, 0.1) is 0 Å². The zero-order valence-corrected chi connectivity index (χ0v) is 15.3. The number of esters is 2. The minimum Gasteiger partial charge on any atom is -0.463 e. The molecule has 1 rings (SSSR count). The highest BCUT2D eigenvalue weighted by Gasteiger charge is 2.16. The molecule has 1 aliphatic rings. The second-order valence-electron chi connectivity index (χ2n) is 6.67. The molecule has 1 fully saturated rings. The number of hydrogen-bond acceptors (Lipinski definition) is 4. The summed E-state index contributed by atoms with van der Waals surface area (Å²) >= 11 is 0. The third kappa shape index (κ3) is 11.3. The fourth-order valence-corrected chi connectivity index (χ4v) is 2.98. The van der Waals surface area contributed by atoms with Crippen molar-refractivity contribution < 1.29 is 19.1 Å². The summed E-state index contributed by atoms with van der Waals surface area (Å²) < 4.78 is 10.4. The van der Waals surface area contributed by atoms with Crippen molar-refractivity contribution in [3.8, 4) is 0 Å². The zero-order valence-electron chi connectivity index (χ0n) is 15.3. The fraction of sp³-hybridized carbons (Fsp3) is 0.800. The molecular formula is C20H34O4. The Morgan fingerprint density at radius 3 is 2.08 bits per heavy atom. The van der Waals surface area contributed by atoms with Gasteiger partial charge in [-0.1, -0.05) is 58.3 Å². The third-order valence-corrected chi connectivity index (χ3v) is 4.43. The molecule has 4 heteroatoms. The van der Waals surface area contributed by atoms with Gasteiger partial charge in [0.1, 0.15) is 6.10 Å². The maximum Gasteiger partial charge on any atom is 0.331 e. The van der Waals surface area contributed by atoms with Gasteiger partial charge in [-0.25, -0.2) is 9.59 Å². The quantitative estimate of drug-likeness (QED) is 0.282. The van der Waals surface area contributed by atoms with E-state index in [9.17, 15) is 9.59 Å². The summed E-state index contributed by atoms with van der Waals surface area (Å²) in [6.07, 6.45) is 17.4. The first-order valence-electron chi connectivity index (χ1n) is 9.78. The van der Waals surface area contributed by atoms with Gasteiger partial charge < -0.3 is 9.47 Å². The molecule has 0 aromatic carbocycles. The molecular weight excluding hydrogens is 304 g/mol. The lowest BCUT2D eigenvalue weighted by molar-refractivity contribution is -0.145. The third-order valence-electron chi connectivity index (χ3n) is 4.43. The number of unbranched alkanes of at least 4 members (excludes halogenated alkanes) is 7. The first-order chi connectivity index (χ1) is 11.7. The SMILES string of the molecule is CCCCCCCCCCOC(=O)/C=C/C(=O)OC1CCCCC1. The Hall–Kier alpha value is -1.32. The van der Waals surface area contributed by atoms with E-state index in [0.29, 0.717) is 6.61 Å². The smallest absolute Gasteiger partial charge is 0.331 e. The highest BCUT2D eigenvalue weighted by molar-refractivity contribution is 5.91. The molecule has 0 atom stereocenters. The van der Waals surface area contributed by atoms with Gasteiger partial charge in [-0.15, -0.1) is 0 Å². The molecule has 138 valence electrons. The summed E-state index contributed by atoms with van der Waals surface area (Å²) in [6, 6.07) is 0. The van der Waals surface area contributed by atoms with Crippen LogP contribution in [0.2, 0.25) is 0 Å². The van der Waals surface area contributed by atoms with E-state index in [0.717, 1.165) is 38.5 Å². The predicted octanol–water partition coefficient (Wildman–Crippen LogP) is 5.10. The van der Waals surface area contributed by atoms with Crippen LogP contribution in [0.4, 0.5) is 0 Å². The molecule has 0 heterocycles. The van der Waals surface area contributed by atoms with Crippen LogP contribution in [0.5, 0.6) is 0 Å². The van der Waals surface area contributed by atoms with E-state index in [4.69, 9.17) is 9.47 Å². The van der Waals surface area contributed by atoms with Gasteiger partial charge in [0.15, 0.2) is 0 Å². The van der Waals surface area contributed by atoms with Crippen molar-refractivity contribution in [3.05, 3.63) is 12.2 Å². The van der Waals surface area contributed by atoms with Gasteiger partial charge in [0.25, 0.3) is 0 Å². The fourth-order valence-electron chi connectivity index (χ4n) is 2.98. The molecule has 0 amide bonds. The molecule has 1 aliphatic carbocycles. The van der Waals surface area contributed by atoms with Gasteiger partial charge in [-0.05, 0) is 32.1 Å². The second kappa shape index (κ2) is 14.1. The van der Waals surface area contributed by atoms with E-state index in [1.54, 1.807) is 0 Å². The van der Waals surface area contributed by atoms with E-state index >= 15 is 0 Å². The van der Waals surface area contributed by atoms with E-state index in [1.165, 1.54) is 57.1 Å². The van der Waals surface area contributed by atoms with Crippen molar-refractivity contribution in [2.75, 3.05) is 6.61 Å². The topological polar surface area (TPSA) is 52.6 Å². The maximum atomic E-state index is 11.6. The Balaban J connectivity index is 1.97. The minimum atomic E-state index is -0.460. The number of hydrogen-bond donors (Lipinski definition) is 0. The lowest BCUT2D eigenvalue weighted by Crippen LogP contribution is -2.19. The lowest BCUT2D eigenvalue weighted by atomic mass is 9.98. The molecule has 4 nitrogen and oxygen atoms in total. The van der Waals surface area contributed by atoms with Gasteiger partial charge in [-0.3, -0.25) is 0 Å². The standard InChI is InChI=1S/C20H34O4/c1-2-3-4-5-6-7-8-12-17-23-19(21)15-16-20(22)24-18-13-10-9-11-14-18/h15-16,18H,2-14,17H2,1H3/b16-15+. The molecule has 0 spiro atoms. The molecule has 0 bridgehead atoms. The van der Waals surface area contributed by atoms with Crippen LogP contribution in [0.25, 0.3) is 0 Å². The monoisotopic (exact) mass is 338 g/mol. The summed E-state index contributed by atoms with van der Waals surface area (Å²) in [6.45, 7) is 2.65. The van der Waals surface area contributed by atoms with E-state index in [-0.39, 0.29) is 6.10 Å². The summed E-state index contributed by atoms with van der Waals surface area (Å²) in [4.78, 5) is 23.2. The zero-order chi connectivity index (χ0) is 17.5. The molecule has 0 aliphatic heterocycles. The predicted molar refractivity (Wildman–Crippen MR) is 95.7 cm³/mol. The average molecular weight is 338 g/mol. The van der Waals surface area contributed by atoms with Gasteiger partial charge in [-0.2, -0.15) is 0 Å². The molecule has 0 saturated heterocycles. The van der Waals surface area contributed by atoms with Crippen LogP contribution in [-0.2, 0) is 19.1 Å². The Morgan fingerprint density at radius 1 is 0.833 bits per heavy atom. The number of rotatable bonds is 12. The molecule has 0 radical (unpaired) electrons. The van der Waals surface area contributed by atoms with Crippen molar-refractivity contribution >= 4 is 11.9 Å². The first-order valence-corrected chi connectivity index (χ1v) is 9.78. The van der Waals surface area contributed by atoms with Crippen molar-refractivity contribution in [3.63, 3.8) is 0 Å². The van der Waals surface area contributed by atoms with Crippen LogP contribution in [-0.4, -0.2) is 24.6 Å². The van der Waals surface area contributed by atoms with Crippen LogP contribution in [0.1, 0.15) is 90.4 Å². The molecule has 0 aromatic rings. The van der Waals surface area contributed by atoms with Crippen molar-refractivity contribution in [2.45, 2.75) is 96.5 Å². The number of ether oxygens (including phenoxy) is 2. The highest BCUT2D eigenvalue weighted by Crippen LogP contribution is 2.20. The summed E-state index contributed by atoms with van der Waals surface area (Å²) in [5.41, 5.74) is 0. The highest BCUT2D eigenvalue weighted by atomic mass is 16.5. The van der Waals surface area contributed by atoms with Gasteiger partial charge >= 0.3 is 11.9 Å². The van der Waals surface area contributed by atoms with E-state index < -0.39 is 11.9 Å². The van der Waals surface area contributed by atoms with Crippen LogP contribution in [0.15, 0.2) is 12.2 Å². The summed E-state index contributed by atoms with van der Waals surface area (Å²) in [5.74, 6) is -0.899. The van der Waals surface area contributed by atoms with Crippen molar-refractivity contribution in [1.29, 1.82) is 0 Å². The molecule has 0 unspecified atom stereocenters. The van der Waals surface area contributed by atoms with E-state index in [2.05, 4.69) is 6.92 Å². The van der Waals surface area contributed by atoms with Crippen LogP contribution >= 0.6 is 0 Å². The number of carbonyl (C=O) groups is 2. The van der Waals surface area contributed by atoms with Crippen LogP contribution in [0.3, 0.4) is 0 Å². The van der Waals surface area contributed by atoms with E-state index in [1.807, 2.05) is 0 Å². The lowest BCUT2D eigenvalue weighted by Gasteiger charge is -2.20. The summed E-state index contributed by atoms with van der Waals surface area (Å²) in [7, 11) is 0. The minimum absolute atomic E-state index is 0.0178. The second-order valence-corrected chi connectivity index (χ2v) is 6.67. The van der Waals surface area contributed by atoms with Gasteiger partial charge in [0.05, 0.1) is 6.61 Å². The summed E-state index contributed by atoms with van der Waals surface area (Å²) in [5, 5.41) is 0. The van der Waals surface area contributed by atoms with Crippen LogP contribution < -0.4 is 0 Å². The molecule has 0 aromatic heterocycles. The maximum absolute atomic E-state index is 11.6. The van der Waals surface area contributed by atoms with Gasteiger partial charge in [0, 0.05) is 12.2 Å². The van der Waals surface area contributed by atoms with Crippen molar-refractivity contribution in [1.82, 2.24) is 0 Å². The molecule has 24 heavy (non-hydrogen) atoms. The largest absolute Gasteiger partial charge is 0.463 e. The van der Waals surface area contributed by atoms with Crippen molar-refractivity contribution in [2.24, 2.45) is 0 Å². The molecule has 1 saturated carbocycles. The Morgan fingerprint density at radius 2 is 1.42 bits per heavy atom. The molecule has 0 N–H and O–H groups in total. The number of carbonyl (C=O) groups excluding carboxylic acids is 2. The average Bonchev–Trinajstić information content (AvgIpc) is 2.59. The Bertz CT molecular complexity index is 370. The first kappa shape index (κ1) is 20.7. The Kier molecular flexibility index (Phi) is 12.1. The van der Waals surface area contributed by atoms with Gasteiger partial charge in [0.2, 0.25) is 0 Å².